The molecule has 1 unspecified atom stereocenters. The van der Waals surface area contributed by atoms with Crippen molar-refractivity contribution >= 4 is 5.96 Å². The molecule has 2 aliphatic heterocycles. The highest BCUT2D eigenvalue weighted by atomic mass is 16.5. The van der Waals surface area contributed by atoms with Crippen molar-refractivity contribution in [3.63, 3.8) is 0 Å². The topological polar surface area (TPSA) is 54.1 Å². The van der Waals surface area contributed by atoms with Crippen LogP contribution in [0.25, 0.3) is 0 Å². The molecule has 0 aromatic rings. The third-order valence-corrected chi connectivity index (χ3v) is 4.24. The van der Waals surface area contributed by atoms with Crippen molar-refractivity contribution in [3.8, 4) is 0 Å². The number of hydrogen-bond donors (Lipinski definition) is 1. The Balaban J connectivity index is 1.57. The Morgan fingerprint density at radius 2 is 2.05 bits per heavy atom. The molecule has 0 amide bonds. The number of hydrogen-bond acceptors (Lipinski definition) is 3. The third-order valence-electron chi connectivity index (χ3n) is 4.24. The Bertz CT molecular complexity index is 302. The molecule has 0 radical (unpaired) electrons. The molecule has 0 aliphatic carbocycles. The van der Waals surface area contributed by atoms with Crippen molar-refractivity contribution in [2.24, 2.45) is 16.6 Å². The lowest BCUT2D eigenvalue weighted by molar-refractivity contribution is 0.0373. The average Bonchev–Trinajstić information content (AvgIpc) is 2.48. The number of likely N-dealkylation sites (tertiary alicyclic amines) is 1. The zero-order valence-electron chi connectivity index (χ0n) is 12.9. The van der Waals surface area contributed by atoms with Crippen LogP contribution in [0.5, 0.6) is 0 Å². The first kappa shape index (κ1) is 15.6. The van der Waals surface area contributed by atoms with Crippen LogP contribution < -0.4 is 5.73 Å². The van der Waals surface area contributed by atoms with E-state index in [0.29, 0.717) is 0 Å². The second-order valence-corrected chi connectivity index (χ2v) is 6.09. The Hall–Kier alpha value is -0.810. The number of unbranched alkanes of at least 4 members (excludes halogenated alkanes) is 1. The van der Waals surface area contributed by atoms with Crippen LogP contribution in [0, 0.1) is 5.92 Å². The zero-order chi connectivity index (χ0) is 14.2. The highest BCUT2D eigenvalue weighted by molar-refractivity contribution is 5.78. The molecule has 2 fully saturated rings. The van der Waals surface area contributed by atoms with Gasteiger partial charge in [-0.2, -0.15) is 0 Å². The fourth-order valence-electron chi connectivity index (χ4n) is 2.96. The monoisotopic (exact) mass is 282 g/mol. The third kappa shape index (κ3) is 5.29. The zero-order valence-corrected chi connectivity index (χ0v) is 12.9. The summed E-state index contributed by atoms with van der Waals surface area (Å²) < 4.78 is 5.35. The molecule has 5 heteroatoms. The van der Waals surface area contributed by atoms with E-state index in [2.05, 4.69) is 21.7 Å². The maximum atomic E-state index is 6.08. The lowest BCUT2D eigenvalue weighted by Crippen LogP contribution is -2.43. The van der Waals surface area contributed by atoms with E-state index in [-0.39, 0.29) is 0 Å². The molecule has 0 saturated carbocycles. The Morgan fingerprint density at radius 3 is 2.80 bits per heavy atom. The Kier molecular flexibility index (Phi) is 6.60. The summed E-state index contributed by atoms with van der Waals surface area (Å²) in [6.07, 6.45) is 4.90. The molecule has 116 valence electrons. The maximum absolute atomic E-state index is 6.08. The minimum atomic E-state index is 0.749. The molecule has 2 aliphatic rings. The first-order valence-corrected chi connectivity index (χ1v) is 8.10. The van der Waals surface area contributed by atoms with Gasteiger partial charge in [-0.25, -0.2) is 0 Å². The molecule has 2 N–H and O–H groups in total. The summed E-state index contributed by atoms with van der Waals surface area (Å²) in [5, 5.41) is 0. The SMILES string of the molecule is CC1CCCN(C(N)=NCCCCN2CCOCC2)C1. The second-order valence-electron chi connectivity index (χ2n) is 6.09. The minimum Gasteiger partial charge on any atom is -0.379 e. The van der Waals surface area contributed by atoms with Gasteiger partial charge in [-0.1, -0.05) is 6.92 Å². The van der Waals surface area contributed by atoms with E-state index in [4.69, 9.17) is 10.5 Å². The molecule has 5 nitrogen and oxygen atoms in total. The molecule has 0 aromatic carbocycles. The number of rotatable bonds is 5. The molecule has 1 atom stereocenters. The average molecular weight is 282 g/mol. The van der Waals surface area contributed by atoms with E-state index < -0.39 is 0 Å². The van der Waals surface area contributed by atoms with Gasteiger partial charge in [-0.3, -0.25) is 9.89 Å². The van der Waals surface area contributed by atoms with Crippen molar-refractivity contribution < 1.29 is 4.74 Å². The smallest absolute Gasteiger partial charge is 0.191 e. The maximum Gasteiger partial charge on any atom is 0.191 e. The van der Waals surface area contributed by atoms with Crippen molar-refractivity contribution in [2.75, 3.05) is 52.5 Å². The minimum absolute atomic E-state index is 0.749. The van der Waals surface area contributed by atoms with Gasteiger partial charge in [0.25, 0.3) is 0 Å². The molecule has 0 spiro atoms. The lowest BCUT2D eigenvalue weighted by Gasteiger charge is -2.31. The van der Waals surface area contributed by atoms with E-state index in [1.165, 1.54) is 25.8 Å². The molecule has 0 aromatic heterocycles. The highest BCUT2D eigenvalue weighted by Crippen LogP contribution is 2.14. The highest BCUT2D eigenvalue weighted by Gasteiger charge is 2.17. The predicted octanol–water partition coefficient (Wildman–Crippen LogP) is 1.15. The quantitative estimate of drug-likeness (QED) is 0.467. The van der Waals surface area contributed by atoms with Crippen LogP contribution in [0.4, 0.5) is 0 Å². The van der Waals surface area contributed by atoms with Gasteiger partial charge < -0.3 is 15.4 Å². The molecule has 0 bridgehead atoms. The summed E-state index contributed by atoms with van der Waals surface area (Å²) in [5.41, 5.74) is 6.08. The van der Waals surface area contributed by atoms with Gasteiger partial charge in [0, 0.05) is 32.7 Å². The van der Waals surface area contributed by atoms with Gasteiger partial charge in [-0.05, 0) is 38.1 Å². The van der Waals surface area contributed by atoms with Gasteiger partial charge in [0.1, 0.15) is 0 Å². The molecular weight excluding hydrogens is 252 g/mol. The number of aliphatic imine (C=N–C) groups is 1. The number of ether oxygens (including phenoxy) is 1. The number of nitrogens with two attached hydrogens (primary N) is 1. The molecular formula is C15H30N4O. The van der Waals surface area contributed by atoms with Gasteiger partial charge in [-0.15, -0.1) is 0 Å². The van der Waals surface area contributed by atoms with Gasteiger partial charge >= 0.3 is 0 Å². The van der Waals surface area contributed by atoms with Crippen molar-refractivity contribution in [1.82, 2.24) is 9.80 Å². The standard InChI is InChI=1S/C15H30N4O/c1-14-5-4-8-19(13-14)15(16)17-6-2-3-7-18-9-11-20-12-10-18/h14H,2-13H2,1H3,(H2,16,17). The first-order valence-electron chi connectivity index (χ1n) is 8.10. The van der Waals surface area contributed by atoms with Crippen LogP contribution in [0.3, 0.4) is 0 Å². The van der Waals surface area contributed by atoms with Crippen LogP contribution >= 0.6 is 0 Å². The van der Waals surface area contributed by atoms with E-state index in [0.717, 1.165) is 64.2 Å². The lowest BCUT2D eigenvalue weighted by atomic mass is 10.0. The van der Waals surface area contributed by atoms with Crippen molar-refractivity contribution in [2.45, 2.75) is 32.6 Å². The fourth-order valence-corrected chi connectivity index (χ4v) is 2.96. The van der Waals surface area contributed by atoms with Gasteiger partial charge in [0.2, 0.25) is 0 Å². The number of morpholine rings is 1. The summed E-state index contributed by atoms with van der Waals surface area (Å²) >= 11 is 0. The Morgan fingerprint density at radius 1 is 1.25 bits per heavy atom. The summed E-state index contributed by atoms with van der Waals surface area (Å²) in [4.78, 5) is 9.26. The first-order chi connectivity index (χ1) is 9.75. The Labute approximate surface area is 123 Å². The van der Waals surface area contributed by atoms with Crippen LogP contribution in [-0.4, -0.2) is 68.2 Å². The van der Waals surface area contributed by atoms with Crippen molar-refractivity contribution in [1.29, 1.82) is 0 Å². The molecule has 2 heterocycles. The predicted molar refractivity (Wildman–Crippen MR) is 83.0 cm³/mol. The van der Waals surface area contributed by atoms with Crippen LogP contribution in [0.2, 0.25) is 0 Å². The molecule has 2 rings (SSSR count). The van der Waals surface area contributed by atoms with Gasteiger partial charge in [0.05, 0.1) is 13.2 Å². The summed E-state index contributed by atoms with van der Waals surface area (Å²) in [5.74, 6) is 1.50. The van der Waals surface area contributed by atoms with Crippen LogP contribution in [-0.2, 0) is 4.74 Å². The van der Waals surface area contributed by atoms with Crippen LogP contribution in [0.15, 0.2) is 4.99 Å². The number of guanidine groups is 1. The number of nitrogens with zero attached hydrogens (tertiary/aromatic N) is 3. The van der Waals surface area contributed by atoms with Crippen molar-refractivity contribution in [3.05, 3.63) is 0 Å². The molecule has 20 heavy (non-hydrogen) atoms. The largest absolute Gasteiger partial charge is 0.379 e. The van der Waals surface area contributed by atoms with Crippen LogP contribution in [0.1, 0.15) is 32.6 Å². The number of piperidine rings is 1. The fraction of sp³-hybridized carbons (Fsp3) is 0.933. The normalized spacial score (nSPS) is 25.9. The van der Waals surface area contributed by atoms with E-state index >= 15 is 0 Å². The van der Waals surface area contributed by atoms with E-state index in [1.54, 1.807) is 0 Å². The van der Waals surface area contributed by atoms with Gasteiger partial charge in [0.15, 0.2) is 5.96 Å². The summed E-state index contributed by atoms with van der Waals surface area (Å²) in [6.45, 7) is 10.4. The summed E-state index contributed by atoms with van der Waals surface area (Å²) in [7, 11) is 0. The van der Waals surface area contributed by atoms with E-state index in [1.807, 2.05) is 0 Å². The summed E-state index contributed by atoms with van der Waals surface area (Å²) in [6, 6.07) is 0. The molecule has 2 saturated heterocycles. The van der Waals surface area contributed by atoms with E-state index in [9.17, 15) is 0 Å². The second kappa shape index (κ2) is 8.47.